The highest BCUT2D eigenvalue weighted by atomic mass is 16.1. The number of hydrogen-bond donors (Lipinski definition) is 1. The van der Waals surface area contributed by atoms with E-state index >= 15 is 0 Å². The molecule has 1 amide bonds. The van der Waals surface area contributed by atoms with E-state index in [1.54, 1.807) is 0 Å². The van der Waals surface area contributed by atoms with Crippen molar-refractivity contribution in [1.82, 2.24) is 10.3 Å². The van der Waals surface area contributed by atoms with Crippen molar-refractivity contribution in [3.63, 3.8) is 0 Å². The molecule has 2 rings (SSSR count). The summed E-state index contributed by atoms with van der Waals surface area (Å²) in [5, 5.41) is 2.99. The van der Waals surface area contributed by atoms with E-state index in [0.29, 0.717) is 12.2 Å². The molecule has 0 saturated heterocycles. The standard InChI is InChI=1S/C20H31N3O/c1-3-14-23(15-4-2)18-10-11-19(22-16-18)20(24)21-13-12-17-8-6-5-7-9-17/h8,10-11,16H,3-7,9,12-15H2,1-2H3,(H,21,24). The van der Waals surface area contributed by atoms with Gasteiger partial charge in [-0.1, -0.05) is 25.5 Å². The summed E-state index contributed by atoms with van der Waals surface area (Å²) in [4.78, 5) is 18.9. The fraction of sp³-hybridized carbons (Fsp3) is 0.600. The average molecular weight is 329 g/mol. The number of carbonyl (C=O) groups excluding carboxylic acids is 1. The van der Waals surface area contributed by atoms with E-state index in [-0.39, 0.29) is 5.91 Å². The Balaban J connectivity index is 1.84. The average Bonchev–Trinajstić information content (AvgIpc) is 2.62. The van der Waals surface area contributed by atoms with Crippen LogP contribution < -0.4 is 10.2 Å². The van der Waals surface area contributed by atoms with Crippen LogP contribution in [0.3, 0.4) is 0 Å². The van der Waals surface area contributed by atoms with Crippen molar-refractivity contribution in [2.24, 2.45) is 0 Å². The van der Waals surface area contributed by atoms with Crippen molar-refractivity contribution < 1.29 is 4.79 Å². The normalized spacial score (nSPS) is 14.2. The van der Waals surface area contributed by atoms with Crippen LogP contribution in [0.25, 0.3) is 0 Å². The van der Waals surface area contributed by atoms with Gasteiger partial charge in [-0.05, 0) is 57.1 Å². The molecular weight excluding hydrogens is 298 g/mol. The molecule has 1 aromatic rings. The van der Waals surface area contributed by atoms with Gasteiger partial charge in [-0.25, -0.2) is 4.98 Å². The minimum Gasteiger partial charge on any atom is -0.370 e. The number of amides is 1. The van der Waals surface area contributed by atoms with Crippen LogP contribution in [0.1, 0.15) is 69.3 Å². The summed E-state index contributed by atoms with van der Waals surface area (Å²) >= 11 is 0. The first-order chi connectivity index (χ1) is 11.7. The Morgan fingerprint density at radius 3 is 2.58 bits per heavy atom. The van der Waals surface area contributed by atoms with Gasteiger partial charge in [0, 0.05) is 19.6 Å². The topological polar surface area (TPSA) is 45.2 Å². The molecule has 1 aliphatic rings. The minimum absolute atomic E-state index is 0.0736. The number of aromatic nitrogens is 1. The Kier molecular flexibility index (Phi) is 7.80. The fourth-order valence-electron chi connectivity index (χ4n) is 3.18. The maximum Gasteiger partial charge on any atom is 0.269 e. The van der Waals surface area contributed by atoms with Crippen LogP contribution in [0.5, 0.6) is 0 Å². The lowest BCUT2D eigenvalue weighted by molar-refractivity contribution is 0.0949. The first-order valence-electron chi connectivity index (χ1n) is 9.41. The van der Waals surface area contributed by atoms with E-state index in [9.17, 15) is 4.79 Å². The van der Waals surface area contributed by atoms with E-state index < -0.39 is 0 Å². The molecule has 132 valence electrons. The van der Waals surface area contributed by atoms with Crippen LogP contribution in [0.15, 0.2) is 30.0 Å². The number of allylic oxidation sites excluding steroid dienone is 1. The molecule has 1 heterocycles. The predicted molar refractivity (Wildman–Crippen MR) is 101 cm³/mol. The second-order valence-corrected chi connectivity index (χ2v) is 6.50. The van der Waals surface area contributed by atoms with Crippen LogP contribution in [0.2, 0.25) is 0 Å². The van der Waals surface area contributed by atoms with E-state index in [2.05, 4.69) is 35.1 Å². The Bertz CT molecular complexity index is 530. The Morgan fingerprint density at radius 2 is 2.00 bits per heavy atom. The third-order valence-corrected chi connectivity index (χ3v) is 4.45. The van der Waals surface area contributed by atoms with Gasteiger partial charge in [0.1, 0.15) is 5.69 Å². The smallest absolute Gasteiger partial charge is 0.269 e. The van der Waals surface area contributed by atoms with Gasteiger partial charge in [-0.2, -0.15) is 0 Å². The van der Waals surface area contributed by atoms with Gasteiger partial charge >= 0.3 is 0 Å². The van der Waals surface area contributed by atoms with Gasteiger partial charge in [-0.15, -0.1) is 0 Å². The fourth-order valence-corrected chi connectivity index (χ4v) is 3.18. The molecule has 0 fully saturated rings. The molecule has 24 heavy (non-hydrogen) atoms. The van der Waals surface area contributed by atoms with Crippen LogP contribution in [-0.4, -0.2) is 30.5 Å². The molecule has 0 spiro atoms. The first kappa shape index (κ1) is 18.5. The maximum atomic E-state index is 12.2. The number of nitrogens with one attached hydrogen (secondary N) is 1. The quantitative estimate of drug-likeness (QED) is 0.686. The third kappa shape index (κ3) is 5.66. The molecule has 1 N–H and O–H groups in total. The summed E-state index contributed by atoms with van der Waals surface area (Å²) < 4.78 is 0. The predicted octanol–water partition coefficient (Wildman–Crippen LogP) is 4.33. The number of hydrogen-bond acceptors (Lipinski definition) is 3. The van der Waals surface area contributed by atoms with Crippen molar-refractivity contribution in [2.75, 3.05) is 24.5 Å². The monoisotopic (exact) mass is 329 g/mol. The molecule has 0 bridgehead atoms. The highest BCUT2D eigenvalue weighted by Gasteiger charge is 2.10. The van der Waals surface area contributed by atoms with Crippen molar-refractivity contribution in [3.8, 4) is 0 Å². The maximum absolute atomic E-state index is 12.2. The zero-order chi connectivity index (χ0) is 17.2. The highest BCUT2D eigenvalue weighted by molar-refractivity contribution is 5.92. The van der Waals surface area contributed by atoms with Crippen LogP contribution in [0.4, 0.5) is 5.69 Å². The molecule has 1 aliphatic carbocycles. The molecule has 0 unspecified atom stereocenters. The third-order valence-electron chi connectivity index (χ3n) is 4.45. The Hall–Kier alpha value is -1.84. The van der Waals surface area contributed by atoms with Gasteiger partial charge in [0.25, 0.3) is 5.91 Å². The molecule has 1 aromatic heterocycles. The summed E-state index contributed by atoms with van der Waals surface area (Å²) in [6, 6.07) is 3.85. The molecule has 4 nitrogen and oxygen atoms in total. The van der Waals surface area contributed by atoms with Gasteiger partial charge < -0.3 is 10.2 Å². The van der Waals surface area contributed by atoms with E-state index in [1.165, 1.54) is 31.3 Å². The summed E-state index contributed by atoms with van der Waals surface area (Å²) in [5.41, 5.74) is 3.09. The molecule has 0 aliphatic heterocycles. The van der Waals surface area contributed by atoms with Crippen LogP contribution >= 0.6 is 0 Å². The lowest BCUT2D eigenvalue weighted by Crippen LogP contribution is -2.27. The van der Waals surface area contributed by atoms with E-state index in [4.69, 9.17) is 0 Å². The number of pyridine rings is 1. The minimum atomic E-state index is -0.0736. The summed E-state index contributed by atoms with van der Waals surface area (Å²) in [5.74, 6) is -0.0736. The van der Waals surface area contributed by atoms with Crippen LogP contribution in [0, 0.1) is 0 Å². The van der Waals surface area contributed by atoms with E-state index in [1.807, 2.05) is 18.3 Å². The van der Waals surface area contributed by atoms with Crippen molar-refractivity contribution in [1.29, 1.82) is 0 Å². The number of anilines is 1. The summed E-state index contributed by atoms with van der Waals surface area (Å²) in [7, 11) is 0. The van der Waals surface area contributed by atoms with Crippen LogP contribution in [-0.2, 0) is 0 Å². The number of carbonyl (C=O) groups is 1. The second kappa shape index (κ2) is 10.1. The zero-order valence-corrected chi connectivity index (χ0v) is 15.2. The number of rotatable bonds is 9. The molecule has 0 atom stereocenters. The van der Waals surface area contributed by atoms with Gasteiger partial charge in [-0.3, -0.25) is 4.79 Å². The van der Waals surface area contributed by atoms with Crippen molar-refractivity contribution in [3.05, 3.63) is 35.7 Å². The zero-order valence-electron chi connectivity index (χ0n) is 15.2. The lowest BCUT2D eigenvalue weighted by Gasteiger charge is -2.23. The lowest BCUT2D eigenvalue weighted by atomic mass is 9.97. The molecular formula is C20H31N3O. The summed E-state index contributed by atoms with van der Waals surface area (Å²) in [6.07, 6.45) is 12.3. The van der Waals surface area contributed by atoms with Gasteiger partial charge in [0.05, 0.1) is 11.9 Å². The second-order valence-electron chi connectivity index (χ2n) is 6.50. The Morgan fingerprint density at radius 1 is 1.21 bits per heavy atom. The highest BCUT2D eigenvalue weighted by Crippen LogP contribution is 2.19. The molecule has 0 radical (unpaired) electrons. The summed E-state index contributed by atoms with van der Waals surface area (Å²) in [6.45, 7) is 7.11. The van der Waals surface area contributed by atoms with E-state index in [0.717, 1.165) is 38.0 Å². The SMILES string of the molecule is CCCN(CCC)c1ccc(C(=O)NCCC2=CCCCC2)nc1. The number of nitrogens with zero attached hydrogens (tertiary/aromatic N) is 2. The molecule has 0 aromatic carbocycles. The largest absolute Gasteiger partial charge is 0.370 e. The van der Waals surface area contributed by atoms with Gasteiger partial charge in [0.2, 0.25) is 0 Å². The Labute approximate surface area is 146 Å². The molecule has 4 heteroatoms. The van der Waals surface area contributed by atoms with Crippen molar-refractivity contribution >= 4 is 11.6 Å². The first-order valence-corrected chi connectivity index (χ1v) is 9.41. The molecule has 0 saturated carbocycles. The van der Waals surface area contributed by atoms with Crippen molar-refractivity contribution in [2.45, 2.75) is 58.8 Å². The van der Waals surface area contributed by atoms with Gasteiger partial charge in [0.15, 0.2) is 0 Å².